The van der Waals surface area contributed by atoms with Gasteiger partial charge >= 0.3 is 0 Å². The molecule has 3 aromatic rings. The van der Waals surface area contributed by atoms with Gasteiger partial charge in [0.2, 0.25) is 0 Å². The summed E-state index contributed by atoms with van der Waals surface area (Å²) < 4.78 is 30.7. The van der Waals surface area contributed by atoms with Gasteiger partial charge in [-0.1, -0.05) is 12.1 Å². The lowest BCUT2D eigenvalue weighted by molar-refractivity contribution is 0.599. The van der Waals surface area contributed by atoms with E-state index in [9.17, 15) is 8.42 Å². The molecule has 0 aliphatic heterocycles. The molecule has 0 saturated carbocycles. The molecule has 1 heterocycles. The number of anilines is 1. The van der Waals surface area contributed by atoms with Crippen molar-refractivity contribution in [1.29, 1.82) is 0 Å². The molecule has 0 aliphatic carbocycles. The van der Waals surface area contributed by atoms with Crippen molar-refractivity contribution in [3.63, 3.8) is 0 Å². The summed E-state index contributed by atoms with van der Waals surface area (Å²) in [7, 11) is -3.67. The van der Waals surface area contributed by atoms with Crippen LogP contribution in [0.1, 0.15) is 33.4 Å². The molecule has 2 aromatic carbocycles. The van der Waals surface area contributed by atoms with Crippen LogP contribution in [0.15, 0.2) is 47.6 Å². The van der Waals surface area contributed by atoms with Gasteiger partial charge in [0.25, 0.3) is 10.0 Å². The van der Waals surface area contributed by atoms with E-state index in [2.05, 4.69) is 9.82 Å². The molecule has 3 rings (SSSR count). The molecule has 1 N–H and O–H groups in total. The molecule has 1 aromatic heterocycles. The van der Waals surface area contributed by atoms with Crippen LogP contribution in [-0.2, 0) is 16.6 Å². The standard InChI is InChI=1S/C21H25N3O2S/c1-14-15(2)17(4)21(18(5)16(14)3)27(25,26)23-20-9-7-19(8-10-20)13-24-12-6-11-22-24/h6-12,23H,13H2,1-5H3. The van der Waals surface area contributed by atoms with E-state index in [4.69, 9.17) is 0 Å². The topological polar surface area (TPSA) is 64.0 Å². The highest BCUT2D eigenvalue weighted by atomic mass is 32.2. The van der Waals surface area contributed by atoms with E-state index in [1.54, 1.807) is 18.3 Å². The summed E-state index contributed by atoms with van der Waals surface area (Å²) in [6, 6.07) is 9.26. The summed E-state index contributed by atoms with van der Waals surface area (Å²) in [6.45, 7) is 10.4. The number of sulfonamides is 1. The maximum absolute atomic E-state index is 13.1. The van der Waals surface area contributed by atoms with Crippen molar-refractivity contribution in [3.05, 3.63) is 76.1 Å². The summed E-state index contributed by atoms with van der Waals surface area (Å²) in [5.41, 5.74) is 6.40. The Bertz CT molecular complexity index is 1040. The van der Waals surface area contributed by atoms with Crippen molar-refractivity contribution in [2.24, 2.45) is 0 Å². The fourth-order valence-electron chi connectivity index (χ4n) is 3.33. The predicted molar refractivity (Wildman–Crippen MR) is 109 cm³/mol. The Morgan fingerprint density at radius 1 is 0.889 bits per heavy atom. The lowest BCUT2D eigenvalue weighted by atomic mass is 9.95. The largest absolute Gasteiger partial charge is 0.280 e. The van der Waals surface area contributed by atoms with Crippen molar-refractivity contribution >= 4 is 15.7 Å². The summed E-state index contributed by atoms with van der Waals surface area (Å²) in [5, 5.41) is 4.18. The Morgan fingerprint density at radius 3 is 1.96 bits per heavy atom. The smallest absolute Gasteiger partial charge is 0.262 e. The number of hydrogen-bond donors (Lipinski definition) is 1. The van der Waals surface area contributed by atoms with Crippen molar-refractivity contribution in [3.8, 4) is 0 Å². The molecule has 0 fully saturated rings. The molecule has 0 radical (unpaired) electrons. The van der Waals surface area contributed by atoms with Crippen molar-refractivity contribution < 1.29 is 8.42 Å². The van der Waals surface area contributed by atoms with E-state index in [0.717, 1.165) is 33.4 Å². The van der Waals surface area contributed by atoms with Crippen LogP contribution in [0.25, 0.3) is 0 Å². The van der Waals surface area contributed by atoms with E-state index >= 15 is 0 Å². The van der Waals surface area contributed by atoms with Gasteiger partial charge in [0.1, 0.15) is 0 Å². The molecule has 0 unspecified atom stereocenters. The minimum atomic E-state index is -3.67. The third-order valence-corrected chi connectivity index (χ3v) is 6.96. The molecule has 0 aliphatic rings. The van der Waals surface area contributed by atoms with Crippen molar-refractivity contribution in [2.75, 3.05) is 4.72 Å². The van der Waals surface area contributed by atoms with Gasteiger partial charge in [0, 0.05) is 18.1 Å². The molecule has 0 atom stereocenters. The lowest BCUT2D eigenvalue weighted by Gasteiger charge is -2.19. The van der Waals surface area contributed by atoms with Gasteiger partial charge in [-0.15, -0.1) is 0 Å². The number of benzene rings is 2. The second-order valence-corrected chi connectivity index (χ2v) is 8.58. The highest BCUT2D eigenvalue weighted by Crippen LogP contribution is 2.30. The predicted octanol–water partition coefficient (Wildman–Crippen LogP) is 4.27. The van der Waals surface area contributed by atoms with Crippen molar-refractivity contribution in [2.45, 2.75) is 46.1 Å². The Balaban J connectivity index is 1.89. The zero-order valence-corrected chi connectivity index (χ0v) is 17.2. The number of nitrogens with one attached hydrogen (secondary N) is 1. The first-order chi connectivity index (χ1) is 12.7. The fraction of sp³-hybridized carbons (Fsp3) is 0.286. The van der Waals surface area contributed by atoms with Crippen LogP contribution in [0.3, 0.4) is 0 Å². The third kappa shape index (κ3) is 3.76. The Kier molecular flexibility index (Phi) is 5.11. The fourth-order valence-corrected chi connectivity index (χ4v) is 4.99. The molecule has 27 heavy (non-hydrogen) atoms. The molecular weight excluding hydrogens is 358 g/mol. The summed E-state index contributed by atoms with van der Waals surface area (Å²) in [6.07, 6.45) is 3.63. The minimum Gasteiger partial charge on any atom is -0.280 e. The van der Waals surface area contributed by atoms with Gasteiger partial charge in [-0.3, -0.25) is 9.40 Å². The number of hydrogen-bond acceptors (Lipinski definition) is 3. The van der Waals surface area contributed by atoms with Gasteiger partial charge in [0.05, 0.1) is 11.4 Å². The molecule has 6 heteroatoms. The Labute approximate surface area is 161 Å². The van der Waals surface area contributed by atoms with Gasteiger partial charge < -0.3 is 0 Å². The molecule has 0 spiro atoms. The van der Waals surface area contributed by atoms with Crippen LogP contribution in [0, 0.1) is 34.6 Å². The highest BCUT2D eigenvalue weighted by Gasteiger charge is 2.23. The molecule has 0 saturated heterocycles. The van der Waals surface area contributed by atoms with Gasteiger partial charge in [-0.05, 0) is 86.2 Å². The number of aromatic nitrogens is 2. The Hall–Kier alpha value is -2.60. The SMILES string of the molecule is Cc1c(C)c(C)c(S(=O)(=O)Nc2ccc(Cn3cccn3)cc2)c(C)c1C. The first kappa shape index (κ1) is 19.2. The number of nitrogens with zero attached hydrogens (tertiary/aromatic N) is 2. The van der Waals surface area contributed by atoms with Gasteiger partial charge in [-0.2, -0.15) is 5.10 Å². The third-order valence-electron chi connectivity index (χ3n) is 5.31. The van der Waals surface area contributed by atoms with Crippen molar-refractivity contribution in [1.82, 2.24) is 9.78 Å². The maximum atomic E-state index is 13.1. The van der Waals surface area contributed by atoms with Crippen LogP contribution in [0.4, 0.5) is 5.69 Å². The molecule has 142 valence electrons. The van der Waals surface area contributed by atoms with E-state index in [0.29, 0.717) is 17.1 Å². The second kappa shape index (κ2) is 7.19. The normalized spacial score (nSPS) is 11.6. The summed E-state index contributed by atoms with van der Waals surface area (Å²) in [5.74, 6) is 0. The van der Waals surface area contributed by atoms with E-state index in [-0.39, 0.29) is 0 Å². The van der Waals surface area contributed by atoms with Crippen LogP contribution in [-0.4, -0.2) is 18.2 Å². The lowest BCUT2D eigenvalue weighted by Crippen LogP contribution is -2.17. The average molecular weight is 384 g/mol. The molecule has 5 nitrogen and oxygen atoms in total. The Morgan fingerprint density at radius 2 is 1.44 bits per heavy atom. The first-order valence-corrected chi connectivity index (χ1v) is 10.3. The maximum Gasteiger partial charge on any atom is 0.262 e. The second-order valence-electron chi connectivity index (χ2n) is 6.96. The molecule has 0 amide bonds. The van der Waals surface area contributed by atoms with E-state index < -0.39 is 10.0 Å². The van der Waals surface area contributed by atoms with Gasteiger partial charge in [0.15, 0.2) is 0 Å². The van der Waals surface area contributed by atoms with E-state index in [1.807, 2.05) is 63.7 Å². The average Bonchev–Trinajstić information content (AvgIpc) is 3.12. The zero-order chi connectivity index (χ0) is 19.8. The quantitative estimate of drug-likeness (QED) is 0.715. The monoisotopic (exact) mass is 383 g/mol. The molecule has 0 bridgehead atoms. The summed E-state index contributed by atoms with van der Waals surface area (Å²) >= 11 is 0. The first-order valence-electron chi connectivity index (χ1n) is 8.87. The minimum absolute atomic E-state index is 0.378. The highest BCUT2D eigenvalue weighted by molar-refractivity contribution is 7.92. The van der Waals surface area contributed by atoms with Crippen LogP contribution < -0.4 is 4.72 Å². The van der Waals surface area contributed by atoms with Crippen LogP contribution in [0.5, 0.6) is 0 Å². The summed E-state index contributed by atoms with van der Waals surface area (Å²) in [4.78, 5) is 0.378. The van der Waals surface area contributed by atoms with Gasteiger partial charge in [-0.25, -0.2) is 8.42 Å². The van der Waals surface area contributed by atoms with Crippen LogP contribution in [0.2, 0.25) is 0 Å². The zero-order valence-electron chi connectivity index (χ0n) is 16.4. The van der Waals surface area contributed by atoms with Crippen LogP contribution >= 0.6 is 0 Å². The van der Waals surface area contributed by atoms with E-state index in [1.165, 1.54) is 0 Å². The number of rotatable bonds is 5. The molecular formula is C21H25N3O2S.